The molecule has 2 saturated heterocycles. The van der Waals surface area contributed by atoms with Crippen molar-refractivity contribution in [2.24, 2.45) is 11.8 Å². The number of hydrogen-bond donors (Lipinski definition) is 0. The molecule has 3 aliphatic rings. The third kappa shape index (κ3) is 8.22. The SMILES string of the molecule is CCN1CCN(C(=O)C[C@H](Cc2ccc(Cl)cc2)C(=O)N2CCN(c3ccccc3N(CC3CC3)S(C)(=O)=O)CC2)CC1. The molecule has 0 bridgehead atoms. The van der Waals surface area contributed by atoms with E-state index in [2.05, 4.69) is 16.7 Å². The molecule has 2 amide bonds. The van der Waals surface area contributed by atoms with Gasteiger partial charge in [0.2, 0.25) is 21.8 Å². The van der Waals surface area contributed by atoms with Crippen LogP contribution in [0.5, 0.6) is 0 Å². The van der Waals surface area contributed by atoms with Gasteiger partial charge in [-0.05, 0) is 61.6 Å². The standard InChI is InChI=1S/C32H44ClN5O4S/c1-3-34-14-16-36(17-15-34)31(39)23-27(22-25-10-12-28(33)13-11-25)32(40)37-20-18-35(19-21-37)29-6-4-5-7-30(29)38(43(2,41)42)24-26-8-9-26/h4-7,10-13,26-27H,3,8-9,14-24H2,1-2H3/t27-/m0/s1. The number of para-hydroxylation sites is 2. The fraction of sp³-hybridized carbons (Fsp3) is 0.562. The van der Waals surface area contributed by atoms with Gasteiger partial charge in [0.15, 0.2) is 0 Å². The maximum absolute atomic E-state index is 14.0. The molecule has 0 N–H and O–H groups in total. The number of hydrogen-bond acceptors (Lipinski definition) is 6. The Morgan fingerprint density at radius 3 is 2.14 bits per heavy atom. The number of sulfonamides is 1. The summed E-state index contributed by atoms with van der Waals surface area (Å²) in [6.07, 6.45) is 4.05. The molecule has 3 fully saturated rings. The molecule has 2 aromatic rings. The molecule has 5 rings (SSSR count). The van der Waals surface area contributed by atoms with E-state index in [9.17, 15) is 18.0 Å². The Morgan fingerprint density at radius 1 is 0.907 bits per heavy atom. The van der Waals surface area contributed by atoms with Gasteiger partial charge in [-0.2, -0.15) is 0 Å². The van der Waals surface area contributed by atoms with Crippen molar-refractivity contribution >= 4 is 44.8 Å². The number of amides is 2. The zero-order chi connectivity index (χ0) is 30.6. The molecule has 0 spiro atoms. The number of nitrogens with zero attached hydrogens (tertiary/aromatic N) is 5. The first-order valence-electron chi connectivity index (χ1n) is 15.5. The van der Waals surface area contributed by atoms with Gasteiger partial charge in [0.25, 0.3) is 0 Å². The molecule has 2 aromatic carbocycles. The van der Waals surface area contributed by atoms with E-state index in [1.165, 1.54) is 6.26 Å². The minimum absolute atomic E-state index is 0.00470. The molecule has 0 radical (unpaired) electrons. The number of piperazine rings is 2. The largest absolute Gasteiger partial charge is 0.366 e. The van der Waals surface area contributed by atoms with Crippen molar-refractivity contribution in [3.05, 3.63) is 59.1 Å². The van der Waals surface area contributed by atoms with Crippen LogP contribution in [-0.4, -0.2) is 107 Å². The minimum Gasteiger partial charge on any atom is -0.366 e. The Kier molecular flexibility index (Phi) is 10.2. The summed E-state index contributed by atoms with van der Waals surface area (Å²) in [5, 5.41) is 0.638. The van der Waals surface area contributed by atoms with Crippen molar-refractivity contribution in [2.45, 2.75) is 32.6 Å². The van der Waals surface area contributed by atoms with E-state index in [0.717, 1.165) is 43.7 Å². The smallest absolute Gasteiger partial charge is 0.232 e. The molecule has 43 heavy (non-hydrogen) atoms. The summed E-state index contributed by atoms with van der Waals surface area (Å²) < 4.78 is 27.1. The fourth-order valence-electron chi connectivity index (χ4n) is 6.12. The monoisotopic (exact) mass is 629 g/mol. The van der Waals surface area contributed by atoms with Gasteiger partial charge in [-0.1, -0.05) is 42.8 Å². The third-order valence-electron chi connectivity index (χ3n) is 8.94. The van der Waals surface area contributed by atoms with Gasteiger partial charge in [-0.25, -0.2) is 8.42 Å². The highest BCUT2D eigenvalue weighted by molar-refractivity contribution is 7.92. The van der Waals surface area contributed by atoms with E-state index in [4.69, 9.17) is 11.6 Å². The third-order valence-corrected chi connectivity index (χ3v) is 10.3. The number of anilines is 2. The second kappa shape index (κ2) is 13.9. The van der Waals surface area contributed by atoms with E-state index < -0.39 is 15.9 Å². The van der Waals surface area contributed by atoms with Crippen molar-refractivity contribution in [3.63, 3.8) is 0 Å². The first-order valence-corrected chi connectivity index (χ1v) is 17.7. The molecule has 2 aliphatic heterocycles. The van der Waals surface area contributed by atoms with Crippen molar-refractivity contribution in [1.82, 2.24) is 14.7 Å². The molecule has 0 unspecified atom stereocenters. The molecule has 0 aromatic heterocycles. The Morgan fingerprint density at radius 2 is 1.53 bits per heavy atom. The van der Waals surface area contributed by atoms with Gasteiger partial charge in [-0.15, -0.1) is 0 Å². The van der Waals surface area contributed by atoms with Crippen LogP contribution in [0.15, 0.2) is 48.5 Å². The van der Waals surface area contributed by atoms with Crippen molar-refractivity contribution < 1.29 is 18.0 Å². The first-order chi connectivity index (χ1) is 20.6. The number of carbonyl (C=O) groups excluding carboxylic acids is 2. The average Bonchev–Trinajstić information content (AvgIpc) is 3.84. The molecule has 1 saturated carbocycles. The lowest BCUT2D eigenvalue weighted by Gasteiger charge is -2.39. The van der Waals surface area contributed by atoms with Gasteiger partial charge in [-0.3, -0.25) is 13.9 Å². The molecule has 1 aliphatic carbocycles. The minimum atomic E-state index is -3.43. The van der Waals surface area contributed by atoms with Crippen LogP contribution in [0.3, 0.4) is 0 Å². The van der Waals surface area contributed by atoms with Crippen LogP contribution < -0.4 is 9.21 Å². The van der Waals surface area contributed by atoms with Crippen LogP contribution in [0.25, 0.3) is 0 Å². The van der Waals surface area contributed by atoms with Gasteiger partial charge in [0.1, 0.15) is 0 Å². The van der Waals surface area contributed by atoms with Gasteiger partial charge in [0, 0.05) is 70.3 Å². The normalized spacial score (nSPS) is 18.9. The Balaban J connectivity index is 1.27. The highest BCUT2D eigenvalue weighted by atomic mass is 35.5. The summed E-state index contributed by atoms with van der Waals surface area (Å²) in [6, 6.07) is 15.2. The number of rotatable bonds is 11. The van der Waals surface area contributed by atoms with E-state index in [-0.39, 0.29) is 18.2 Å². The van der Waals surface area contributed by atoms with E-state index in [0.29, 0.717) is 68.9 Å². The Hall–Kier alpha value is -2.82. The maximum Gasteiger partial charge on any atom is 0.232 e. The summed E-state index contributed by atoms with van der Waals surface area (Å²) >= 11 is 6.11. The molecular weight excluding hydrogens is 586 g/mol. The van der Waals surface area contributed by atoms with E-state index in [1.807, 2.05) is 58.3 Å². The van der Waals surface area contributed by atoms with Gasteiger partial charge in [0.05, 0.1) is 23.5 Å². The van der Waals surface area contributed by atoms with Crippen LogP contribution in [0.4, 0.5) is 11.4 Å². The lowest BCUT2D eigenvalue weighted by atomic mass is 9.93. The summed E-state index contributed by atoms with van der Waals surface area (Å²) in [6.45, 7) is 8.91. The van der Waals surface area contributed by atoms with Crippen LogP contribution in [0.1, 0.15) is 31.7 Å². The number of halogens is 1. The predicted molar refractivity (Wildman–Crippen MR) is 172 cm³/mol. The molecular formula is C32H44ClN5O4S. The van der Waals surface area contributed by atoms with Crippen molar-refractivity contribution in [2.75, 3.05) is 80.9 Å². The fourth-order valence-corrected chi connectivity index (χ4v) is 7.24. The first kappa shape index (κ1) is 31.6. The lowest BCUT2D eigenvalue weighted by molar-refractivity contribution is -0.142. The van der Waals surface area contributed by atoms with E-state index in [1.54, 1.807) is 4.31 Å². The topological polar surface area (TPSA) is 84.5 Å². The molecule has 2 heterocycles. The number of likely N-dealkylation sites (N-methyl/N-ethyl adjacent to an activating group) is 1. The molecule has 1 atom stereocenters. The second-order valence-electron chi connectivity index (χ2n) is 12.1. The predicted octanol–water partition coefficient (Wildman–Crippen LogP) is 3.58. The number of benzene rings is 2. The molecule has 11 heteroatoms. The Bertz CT molecular complexity index is 1370. The summed E-state index contributed by atoms with van der Waals surface area (Å²) in [5.41, 5.74) is 2.56. The lowest BCUT2D eigenvalue weighted by Crippen LogP contribution is -2.52. The summed E-state index contributed by atoms with van der Waals surface area (Å²) in [4.78, 5) is 35.7. The van der Waals surface area contributed by atoms with Gasteiger partial charge < -0.3 is 19.6 Å². The second-order valence-corrected chi connectivity index (χ2v) is 14.4. The summed E-state index contributed by atoms with van der Waals surface area (Å²) in [7, 11) is -3.43. The zero-order valence-corrected chi connectivity index (χ0v) is 26.9. The average molecular weight is 630 g/mol. The van der Waals surface area contributed by atoms with E-state index >= 15 is 0 Å². The zero-order valence-electron chi connectivity index (χ0n) is 25.3. The Labute approximate surface area is 261 Å². The van der Waals surface area contributed by atoms with Crippen molar-refractivity contribution in [3.8, 4) is 0 Å². The highest BCUT2D eigenvalue weighted by Crippen LogP contribution is 2.37. The van der Waals surface area contributed by atoms with Gasteiger partial charge >= 0.3 is 0 Å². The van der Waals surface area contributed by atoms with Crippen LogP contribution in [0.2, 0.25) is 5.02 Å². The summed E-state index contributed by atoms with van der Waals surface area (Å²) in [5.74, 6) is -0.0221. The van der Waals surface area contributed by atoms with Crippen LogP contribution in [-0.2, 0) is 26.0 Å². The number of carbonyl (C=O) groups is 2. The quantitative estimate of drug-likeness (QED) is 0.378. The van der Waals surface area contributed by atoms with Crippen LogP contribution in [0, 0.1) is 11.8 Å². The molecule has 9 nitrogen and oxygen atoms in total. The van der Waals surface area contributed by atoms with Crippen molar-refractivity contribution in [1.29, 1.82) is 0 Å². The maximum atomic E-state index is 14.0. The highest BCUT2D eigenvalue weighted by Gasteiger charge is 2.34. The molecule has 234 valence electrons. The van der Waals surface area contributed by atoms with Crippen LogP contribution >= 0.6 is 11.6 Å².